The molecule has 6 nitrogen and oxygen atoms in total. The predicted molar refractivity (Wildman–Crippen MR) is 94.4 cm³/mol. The molecule has 1 aromatic heterocycles. The number of likely N-dealkylation sites (N-methyl/N-ethyl adjacent to an activating group) is 1. The molecule has 0 radical (unpaired) electrons. The first-order valence-electron chi connectivity index (χ1n) is 8.04. The molecule has 4 amide bonds. The Hall–Kier alpha value is -2.67. The van der Waals surface area contributed by atoms with E-state index < -0.39 is 11.6 Å². The molecule has 1 unspecified atom stereocenters. The van der Waals surface area contributed by atoms with Gasteiger partial charge in [0.15, 0.2) is 0 Å². The van der Waals surface area contributed by atoms with E-state index >= 15 is 0 Å². The Kier molecular flexibility index (Phi) is 3.61. The molecule has 1 spiro atoms. The van der Waals surface area contributed by atoms with Crippen molar-refractivity contribution in [1.82, 2.24) is 10.2 Å². The van der Waals surface area contributed by atoms with Crippen LogP contribution in [-0.2, 0) is 21.5 Å². The second-order valence-corrected chi connectivity index (χ2v) is 7.10. The summed E-state index contributed by atoms with van der Waals surface area (Å²) in [6, 6.07) is 8.96. The monoisotopic (exact) mass is 355 g/mol. The van der Waals surface area contributed by atoms with Crippen LogP contribution in [0.15, 0.2) is 41.1 Å². The Morgan fingerprint density at radius 1 is 1.32 bits per heavy atom. The second-order valence-electron chi connectivity index (χ2n) is 6.32. The van der Waals surface area contributed by atoms with Crippen molar-refractivity contribution < 1.29 is 14.4 Å². The van der Waals surface area contributed by atoms with Gasteiger partial charge in [-0.15, -0.1) is 0 Å². The van der Waals surface area contributed by atoms with Crippen molar-refractivity contribution in [2.75, 3.05) is 18.5 Å². The number of urea groups is 1. The minimum absolute atomic E-state index is 0.263. The molecule has 128 valence electrons. The number of imide groups is 1. The SMILES string of the molecule is CN(C(=O)CN1C(=O)NC2(CCc3ccccc32)C1=O)c1ccsc1. The highest BCUT2D eigenvalue weighted by Crippen LogP contribution is 2.41. The molecule has 2 aliphatic rings. The number of nitrogens with zero attached hydrogens (tertiary/aromatic N) is 2. The summed E-state index contributed by atoms with van der Waals surface area (Å²) in [6.45, 7) is -0.263. The summed E-state index contributed by atoms with van der Waals surface area (Å²) in [5.41, 5.74) is 1.65. The van der Waals surface area contributed by atoms with E-state index in [0.717, 1.165) is 28.1 Å². The molecule has 25 heavy (non-hydrogen) atoms. The maximum atomic E-state index is 13.0. The summed E-state index contributed by atoms with van der Waals surface area (Å²) in [5, 5.41) is 6.55. The smallest absolute Gasteiger partial charge is 0.319 e. The third-order valence-electron chi connectivity index (χ3n) is 4.98. The van der Waals surface area contributed by atoms with Crippen LogP contribution in [0.1, 0.15) is 17.5 Å². The number of anilines is 1. The van der Waals surface area contributed by atoms with Crippen LogP contribution >= 0.6 is 11.3 Å². The number of amides is 4. The van der Waals surface area contributed by atoms with Gasteiger partial charge in [-0.3, -0.25) is 14.5 Å². The number of benzene rings is 1. The number of nitrogens with one attached hydrogen (secondary N) is 1. The number of hydrogen-bond acceptors (Lipinski definition) is 4. The molecule has 1 saturated heterocycles. The lowest BCUT2D eigenvalue weighted by atomic mass is 9.92. The van der Waals surface area contributed by atoms with Gasteiger partial charge in [-0.05, 0) is 35.4 Å². The van der Waals surface area contributed by atoms with Crippen LogP contribution in [-0.4, -0.2) is 36.3 Å². The minimum atomic E-state index is -1.02. The lowest BCUT2D eigenvalue weighted by Gasteiger charge is -2.23. The largest absolute Gasteiger partial charge is 0.325 e. The zero-order chi connectivity index (χ0) is 17.6. The summed E-state index contributed by atoms with van der Waals surface area (Å²) in [6.07, 6.45) is 1.26. The quantitative estimate of drug-likeness (QED) is 0.858. The summed E-state index contributed by atoms with van der Waals surface area (Å²) in [7, 11) is 1.64. The molecule has 1 N–H and O–H groups in total. The van der Waals surface area contributed by atoms with Gasteiger partial charge in [0.25, 0.3) is 5.91 Å². The lowest BCUT2D eigenvalue weighted by molar-refractivity contribution is -0.134. The van der Waals surface area contributed by atoms with E-state index in [9.17, 15) is 14.4 Å². The van der Waals surface area contributed by atoms with Crippen LogP contribution in [0.25, 0.3) is 0 Å². The van der Waals surface area contributed by atoms with Gasteiger partial charge in [0.1, 0.15) is 12.1 Å². The van der Waals surface area contributed by atoms with Gasteiger partial charge in [-0.2, -0.15) is 11.3 Å². The molecule has 0 saturated carbocycles. The summed E-state index contributed by atoms with van der Waals surface area (Å²) in [5.74, 6) is -0.639. The normalized spacial score (nSPS) is 21.6. The summed E-state index contributed by atoms with van der Waals surface area (Å²) < 4.78 is 0. The van der Waals surface area contributed by atoms with Crippen LogP contribution in [0.5, 0.6) is 0 Å². The van der Waals surface area contributed by atoms with Crippen LogP contribution < -0.4 is 10.2 Å². The topological polar surface area (TPSA) is 69.7 Å². The Labute approximate surface area is 149 Å². The maximum absolute atomic E-state index is 13.0. The Bertz CT molecular complexity index is 864. The fraction of sp³-hybridized carbons (Fsp3) is 0.278. The van der Waals surface area contributed by atoms with Crippen LogP contribution in [0, 0.1) is 0 Å². The third kappa shape index (κ3) is 2.34. The van der Waals surface area contributed by atoms with Crippen molar-refractivity contribution in [2.45, 2.75) is 18.4 Å². The van der Waals surface area contributed by atoms with E-state index in [-0.39, 0.29) is 18.4 Å². The molecule has 2 heterocycles. The number of carbonyl (C=O) groups excluding carboxylic acids is 3. The maximum Gasteiger partial charge on any atom is 0.325 e. The highest BCUT2D eigenvalue weighted by Gasteiger charge is 2.55. The first-order chi connectivity index (χ1) is 12.0. The Morgan fingerprint density at radius 3 is 2.88 bits per heavy atom. The van der Waals surface area contributed by atoms with Gasteiger partial charge >= 0.3 is 6.03 Å². The fourth-order valence-corrected chi connectivity index (χ4v) is 4.24. The van der Waals surface area contributed by atoms with E-state index in [1.165, 1.54) is 16.2 Å². The van der Waals surface area contributed by atoms with Gasteiger partial charge in [-0.25, -0.2) is 4.79 Å². The number of carbonyl (C=O) groups is 3. The van der Waals surface area contributed by atoms with Crippen molar-refractivity contribution in [2.24, 2.45) is 0 Å². The lowest BCUT2D eigenvalue weighted by Crippen LogP contribution is -2.44. The molecule has 2 aromatic rings. The van der Waals surface area contributed by atoms with E-state index in [0.29, 0.717) is 6.42 Å². The summed E-state index contributed by atoms with van der Waals surface area (Å²) >= 11 is 1.48. The third-order valence-corrected chi connectivity index (χ3v) is 5.65. The Morgan fingerprint density at radius 2 is 2.12 bits per heavy atom. The molecule has 1 aliphatic heterocycles. The molecule has 4 rings (SSSR count). The van der Waals surface area contributed by atoms with Crippen molar-refractivity contribution in [1.29, 1.82) is 0 Å². The van der Waals surface area contributed by atoms with E-state index in [1.54, 1.807) is 7.05 Å². The zero-order valence-corrected chi connectivity index (χ0v) is 14.5. The number of rotatable bonds is 3. The highest BCUT2D eigenvalue weighted by molar-refractivity contribution is 7.08. The first kappa shape index (κ1) is 15.8. The molecule has 7 heteroatoms. The van der Waals surface area contributed by atoms with E-state index in [4.69, 9.17) is 0 Å². The van der Waals surface area contributed by atoms with Crippen molar-refractivity contribution in [3.8, 4) is 0 Å². The molecule has 1 aromatic carbocycles. The van der Waals surface area contributed by atoms with Crippen LogP contribution in [0.2, 0.25) is 0 Å². The number of fused-ring (bicyclic) bond motifs is 2. The van der Waals surface area contributed by atoms with Gasteiger partial charge < -0.3 is 10.2 Å². The average molecular weight is 355 g/mol. The van der Waals surface area contributed by atoms with Crippen molar-refractivity contribution in [3.05, 3.63) is 52.2 Å². The van der Waals surface area contributed by atoms with Gasteiger partial charge in [0.2, 0.25) is 5.91 Å². The fourth-order valence-electron chi connectivity index (χ4n) is 3.57. The van der Waals surface area contributed by atoms with Crippen molar-refractivity contribution in [3.63, 3.8) is 0 Å². The minimum Gasteiger partial charge on any atom is -0.319 e. The molecule has 1 fully saturated rings. The van der Waals surface area contributed by atoms with Crippen LogP contribution in [0.3, 0.4) is 0 Å². The Balaban J connectivity index is 1.58. The number of hydrogen-bond donors (Lipinski definition) is 1. The number of thiophene rings is 1. The molecular formula is C18H17N3O3S. The summed E-state index contributed by atoms with van der Waals surface area (Å²) in [4.78, 5) is 40.4. The average Bonchev–Trinajstić information content (AvgIpc) is 3.32. The highest BCUT2D eigenvalue weighted by atomic mass is 32.1. The standard InChI is InChI=1S/C18H17N3O3S/c1-20(13-7-9-25-11-13)15(22)10-21-16(23)18(19-17(21)24)8-6-12-4-2-3-5-14(12)18/h2-5,7,9,11H,6,8,10H2,1H3,(H,19,24). The van der Waals surface area contributed by atoms with E-state index in [2.05, 4.69) is 5.32 Å². The van der Waals surface area contributed by atoms with Gasteiger partial charge in [0.05, 0.1) is 5.69 Å². The van der Waals surface area contributed by atoms with Gasteiger partial charge in [-0.1, -0.05) is 24.3 Å². The second kappa shape index (κ2) is 5.70. The van der Waals surface area contributed by atoms with Crippen molar-refractivity contribution >= 4 is 34.9 Å². The zero-order valence-electron chi connectivity index (χ0n) is 13.7. The van der Waals surface area contributed by atoms with Crippen LogP contribution in [0.4, 0.5) is 10.5 Å². The van der Waals surface area contributed by atoms with Gasteiger partial charge in [0, 0.05) is 12.4 Å². The van der Waals surface area contributed by atoms with E-state index in [1.807, 2.05) is 41.1 Å². The number of aryl methyl sites for hydroxylation is 1. The molecule has 1 atom stereocenters. The molecule has 1 aliphatic carbocycles. The predicted octanol–water partition coefficient (Wildman–Crippen LogP) is 2.10. The molecule has 0 bridgehead atoms. The molecular weight excluding hydrogens is 338 g/mol. The first-order valence-corrected chi connectivity index (χ1v) is 8.98.